The lowest BCUT2D eigenvalue weighted by Crippen LogP contribution is -2.31. The van der Waals surface area contributed by atoms with E-state index in [1.165, 1.54) is 49.4 Å². The van der Waals surface area contributed by atoms with Crippen molar-refractivity contribution in [2.24, 2.45) is 13.0 Å². The number of benzene rings is 1. The van der Waals surface area contributed by atoms with Crippen LogP contribution in [0.25, 0.3) is 11.4 Å². The van der Waals surface area contributed by atoms with Crippen molar-refractivity contribution in [1.82, 2.24) is 20.1 Å². The molecule has 2 aromatic rings. The fourth-order valence-electron chi connectivity index (χ4n) is 3.64. The molecule has 6 heteroatoms. The zero-order chi connectivity index (χ0) is 20.1. The zero-order valence-electron chi connectivity index (χ0n) is 17.5. The number of carbonyl (C=O) groups excluding carboxylic acids is 1. The summed E-state index contributed by atoms with van der Waals surface area (Å²) in [6, 6.07) is 8.48. The van der Waals surface area contributed by atoms with Crippen LogP contribution in [0, 0.1) is 5.92 Å². The first kappa shape index (κ1) is 20.9. The molecule has 1 fully saturated rings. The predicted octanol–water partition coefficient (Wildman–Crippen LogP) is 4.57. The predicted molar refractivity (Wildman–Crippen MR) is 115 cm³/mol. The van der Waals surface area contributed by atoms with Gasteiger partial charge in [0.1, 0.15) is 0 Å². The molecule has 1 aromatic carbocycles. The summed E-state index contributed by atoms with van der Waals surface area (Å²) in [6.07, 6.45) is 6.43. The second-order valence-electron chi connectivity index (χ2n) is 8.79. The highest BCUT2D eigenvalue weighted by Gasteiger charge is 2.17. The summed E-state index contributed by atoms with van der Waals surface area (Å²) in [6.45, 7) is 7.43. The highest BCUT2D eigenvalue weighted by molar-refractivity contribution is 7.99. The van der Waals surface area contributed by atoms with Crippen LogP contribution in [-0.2, 0) is 17.3 Å². The van der Waals surface area contributed by atoms with Crippen LogP contribution in [0.4, 0.5) is 0 Å². The number of hydrogen-bond acceptors (Lipinski definition) is 4. The Balaban J connectivity index is 1.55. The van der Waals surface area contributed by atoms with E-state index in [1.54, 1.807) is 0 Å². The third-order valence-electron chi connectivity index (χ3n) is 5.49. The topological polar surface area (TPSA) is 59.8 Å². The van der Waals surface area contributed by atoms with Crippen LogP contribution >= 0.6 is 11.8 Å². The number of rotatable bonds is 6. The molecule has 1 aliphatic carbocycles. The standard InChI is InChI=1S/C22H32N4OS/c1-22(2,3)18-12-10-17(11-13-18)20-24-25-21(26(20)4)28-15-19(27)23-14-16-8-6-5-7-9-16/h10-13,16H,5-9,14-15H2,1-4H3,(H,23,27). The number of hydrogen-bond donors (Lipinski definition) is 1. The van der Waals surface area contributed by atoms with E-state index >= 15 is 0 Å². The Morgan fingerprint density at radius 1 is 1.14 bits per heavy atom. The number of nitrogens with zero attached hydrogens (tertiary/aromatic N) is 3. The van der Waals surface area contributed by atoms with Gasteiger partial charge < -0.3 is 9.88 Å². The molecule has 1 aliphatic rings. The minimum Gasteiger partial charge on any atom is -0.355 e. The quantitative estimate of drug-likeness (QED) is 0.722. The van der Waals surface area contributed by atoms with Crippen LogP contribution in [-0.4, -0.2) is 33.0 Å². The molecule has 0 radical (unpaired) electrons. The van der Waals surface area contributed by atoms with Gasteiger partial charge in [0, 0.05) is 19.2 Å². The molecule has 1 saturated carbocycles. The molecule has 1 N–H and O–H groups in total. The molecule has 1 amide bonds. The van der Waals surface area contributed by atoms with Gasteiger partial charge in [-0.15, -0.1) is 10.2 Å². The average molecular weight is 401 g/mol. The first-order valence-corrected chi connectivity index (χ1v) is 11.2. The lowest BCUT2D eigenvalue weighted by molar-refractivity contribution is -0.118. The molecular formula is C22H32N4OS. The Morgan fingerprint density at radius 3 is 2.46 bits per heavy atom. The molecule has 1 heterocycles. The van der Waals surface area contributed by atoms with Crippen molar-refractivity contribution in [1.29, 1.82) is 0 Å². The van der Waals surface area contributed by atoms with E-state index in [2.05, 4.69) is 60.6 Å². The molecule has 0 spiro atoms. The lowest BCUT2D eigenvalue weighted by atomic mass is 9.87. The van der Waals surface area contributed by atoms with E-state index in [0.717, 1.165) is 23.1 Å². The van der Waals surface area contributed by atoms with Gasteiger partial charge >= 0.3 is 0 Å². The highest BCUT2D eigenvalue weighted by Crippen LogP contribution is 2.27. The van der Waals surface area contributed by atoms with Crippen molar-refractivity contribution in [2.45, 2.75) is 63.4 Å². The van der Waals surface area contributed by atoms with Crippen molar-refractivity contribution in [2.75, 3.05) is 12.3 Å². The number of nitrogens with one attached hydrogen (secondary N) is 1. The third-order valence-corrected chi connectivity index (χ3v) is 6.51. The summed E-state index contributed by atoms with van der Waals surface area (Å²) in [4.78, 5) is 12.2. The molecule has 28 heavy (non-hydrogen) atoms. The Labute approximate surface area is 172 Å². The molecule has 0 unspecified atom stereocenters. The van der Waals surface area contributed by atoms with Gasteiger partial charge in [-0.05, 0) is 29.7 Å². The van der Waals surface area contributed by atoms with E-state index in [9.17, 15) is 4.79 Å². The van der Waals surface area contributed by atoms with E-state index in [0.29, 0.717) is 11.7 Å². The molecule has 1 aromatic heterocycles. The minimum atomic E-state index is 0.0784. The molecule has 3 rings (SSSR count). The third kappa shape index (κ3) is 5.37. The number of thioether (sulfide) groups is 1. The lowest BCUT2D eigenvalue weighted by Gasteiger charge is -2.21. The average Bonchev–Trinajstić information content (AvgIpc) is 3.05. The summed E-state index contributed by atoms with van der Waals surface area (Å²) >= 11 is 1.44. The van der Waals surface area contributed by atoms with Crippen molar-refractivity contribution in [3.8, 4) is 11.4 Å². The summed E-state index contributed by atoms with van der Waals surface area (Å²) in [5.41, 5.74) is 2.46. The summed E-state index contributed by atoms with van der Waals surface area (Å²) in [5, 5.41) is 12.5. The minimum absolute atomic E-state index is 0.0784. The molecule has 0 saturated heterocycles. The summed E-state index contributed by atoms with van der Waals surface area (Å²) < 4.78 is 1.96. The Bertz CT molecular complexity index is 786. The Kier molecular flexibility index (Phi) is 6.81. The van der Waals surface area contributed by atoms with Crippen molar-refractivity contribution in [3.63, 3.8) is 0 Å². The maximum Gasteiger partial charge on any atom is 0.230 e. The largest absolute Gasteiger partial charge is 0.355 e. The van der Waals surface area contributed by atoms with Gasteiger partial charge in [0.15, 0.2) is 11.0 Å². The van der Waals surface area contributed by atoms with Crippen molar-refractivity contribution in [3.05, 3.63) is 29.8 Å². The fourth-order valence-corrected chi connectivity index (χ4v) is 4.38. The number of aromatic nitrogens is 3. The monoisotopic (exact) mass is 400 g/mol. The van der Waals surface area contributed by atoms with E-state index < -0.39 is 0 Å². The normalized spacial score (nSPS) is 15.6. The summed E-state index contributed by atoms with van der Waals surface area (Å²) in [5.74, 6) is 1.93. The van der Waals surface area contributed by atoms with Crippen LogP contribution in [0.5, 0.6) is 0 Å². The van der Waals surface area contributed by atoms with Crippen LogP contribution in [0.2, 0.25) is 0 Å². The molecule has 0 atom stereocenters. The van der Waals surface area contributed by atoms with Gasteiger partial charge in [-0.3, -0.25) is 4.79 Å². The fraction of sp³-hybridized carbons (Fsp3) is 0.591. The van der Waals surface area contributed by atoms with Gasteiger partial charge in [0.25, 0.3) is 0 Å². The second-order valence-corrected chi connectivity index (χ2v) is 9.73. The first-order chi connectivity index (χ1) is 13.3. The summed E-state index contributed by atoms with van der Waals surface area (Å²) in [7, 11) is 1.95. The molecular weight excluding hydrogens is 368 g/mol. The van der Waals surface area contributed by atoms with Gasteiger partial charge in [-0.25, -0.2) is 0 Å². The molecule has 152 valence electrons. The van der Waals surface area contributed by atoms with Crippen LogP contribution in [0.1, 0.15) is 58.4 Å². The maximum atomic E-state index is 12.2. The zero-order valence-corrected chi connectivity index (χ0v) is 18.3. The molecule has 0 aliphatic heterocycles. The van der Waals surface area contributed by atoms with Crippen molar-refractivity contribution >= 4 is 17.7 Å². The SMILES string of the molecule is Cn1c(SCC(=O)NCC2CCCCC2)nnc1-c1ccc(C(C)(C)C)cc1. The van der Waals surface area contributed by atoms with E-state index in [-0.39, 0.29) is 11.3 Å². The van der Waals surface area contributed by atoms with Gasteiger partial charge in [-0.1, -0.05) is 76.1 Å². The number of amides is 1. The van der Waals surface area contributed by atoms with Gasteiger partial charge in [0.2, 0.25) is 5.91 Å². The second kappa shape index (κ2) is 9.12. The van der Waals surface area contributed by atoms with Crippen LogP contribution in [0.15, 0.2) is 29.4 Å². The van der Waals surface area contributed by atoms with Crippen LogP contribution < -0.4 is 5.32 Å². The number of carbonyl (C=O) groups is 1. The molecule has 0 bridgehead atoms. The molecule has 5 nitrogen and oxygen atoms in total. The highest BCUT2D eigenvalue weighted by atomic mass is 32.2. The maximum absolute atomic E-state index is 12.2. The first-order valence-electron chi connectivity index (χ1n) is 10.2. The van der Waals surface area contributed by atoms with E-state index in [4.69, 9.17) is 0 Å². The Morgan fingerprint density at radius 2 is 1.82 bits per heavy atom. The van der Waals surface area contributed by atoms with Gasteiger partial charge in [0.05, 0.1) is 5.75 Å². The van der Waals surface area contributed by atoms with Crippen LogP contribution in [0.3, 0.4) is 0 Å². The van der Waals surface area contributed by atoms with E-state index in [1.807, 2.05) is 11.6 Å². The smallest absolute Gasteiger partial charge is 0.230 e. The van der Waals surface area contributed by atoms with Gasteiger partial charge in [-0.2, -0.15) is 0 Å². The van der Waals surface area contributed by atoms with Crippen molar-refractivity contribution < 1.29 is 4.79 Å². The Hall–Kier alpha value is -1.82.